The van der Waals surface area contributed by atoms with Gasteiger partial charge in [0.2, 0.25) is 0 Å². The van der Waals surface area contributed by atoms with Crippen LogP contribution in [0, 0.1) is 0 Å². The van der Waals surface area contributed by atoms with Crippen LogP contribution in [0.15, 0.2) is 10.5 Å². The Labute approximate surface area is 117 Å². The van der Waals surface area contributed by atoms with Gasteiger partial charge in [-0.15, -0.1) is 0 Å². The van der Waals surface area contributed by atoms with Gasteiger partial charge in [-0.05, 0) is 22.0 Å². The van der Waals surface area contributed by atoms with Gasteiger partial charge < -0.3 is 20.3 Å². The van der Waals surface area contributed by atoms with Gasteiger partial charge >= 0.3 is 5.97 Å². The number of hydrogen-bond acceptors (Lipinski definition) is 5. The van der Waals surface area contributed by atoms with E-state index >= 15 is 0 Å². The number of hydrogen-bond donors (Lipinski definition) is 2. The Balaban J connectivity index is 2.47. The summed E-state index contributed by atoms with van der Waals surface area (Å²) in [5.41, 5.74) is 6.47. The highest BCUT2D eigenvalue weighted by molar-refractivity contribution is 9.10. The zero-order valence-corrected chi connectivity index (χ0v) is 11.5. The molecule has 0 radical (unpaired) electrons. The van der Waals surface area contributed by atoms with E-state index in [4.69, 9.17) is 20.3 Å². The molecular weight excluding hydrogens is 318 g/mol. The number of fused-ring (bicyclic) bond motifs is 1. The van der Waals surface area contributed by atoms with Gasteiger partial charge in [0.15, 0.2) is 17.8 Å². The summed E-state index contributed by atoms with van der Waals surface area (Å²) in [5, 5.41) is 8.85. The van der Waals surface area contributed by atoms with Crippen molar-refractivity contribution in [2.24, 2.45) is 5.73 Å². The number of benzene rings is 1. The minimum atomic E-state index is -1.10. The van der Waals surface area contributed by atoms with Gasteiger partial charge in [0, 0.05) is 16.5 Å². The minimum absolute atomic E-state index is 0.0960. The Kier molecular flexibility index (Phi) is 4.06. The van der Waals surface area contributed by atoms with Crippen molar-refractivity contribution >= 4 is 28.2 Å². The molecule has 102 valence electrons. The van der Waals surface area contributed by atoms with Crippen LogP contribution in [0.25, 0.3) is 0 Å². The quantitative estimate of drug-likeness (QED) is 0.799. The van der Waals surface area contributed by atoms with Crippen molar-refractivity contribution in [2.75, 3.05) is 13.2 Å². The summed E-state index contributed by atoms with van der Waals surface area (Å²) in [4.78, 5) is 21.9. The maximum absolute atomic E-state index is 11.1. The van der Waals surface area contributed by atoms with Crippen LogP contribution < -0.4 is 15.2 Å². The Morgan fingerprint density at radius 2 is 2.11 bits per heavy atom. The molecule has 0 aliphatic carbocycles. The second kappa shape index (κ2) is 5.58. The molecule has 6 nitrogen and oxygen atoms in total. The number of rotatable bonds is 4. The maximum Gasteiger partial charge on any atom is 0.320 e. The van der Waals surface area contributed by atoms with Gasteiger partial charge in [-0.2, -0.15) is 0 Å². The number of carbonyl (C=O) groups is 2. The van der Waals surface area contributed by atoms with Crippen molar-refractivity contribution in [3.05, 3.63) is 21.7 Å². The van der Waals surface area contributed by atoms with Crippen LogP contribution in [0.4, 0.5) is 0 Å². The molecule has 1 aromatic rings. The molecule has 7 heteroatoms. The van der Waals surface area contributed by atoms with Gasteiger partial charge in [-0.3, -0.25) is 9.59 Å². The highest BCUT2D eigenvalue weighted by Gasteiger charge is 2.25. The molecule has 1 aliphatic heterocycles. The lowest BCUT2D eigenvalue weighted by Crippen LogP contribution is -2.32. The van der Waals surface area contributed by atoms with E-state index in [2.05, 4.69) is 15.9 Å². The third-order valence-corrected chi connectivity index (χ3v) is 3.41. The number of carboxylic acids is 1. The second-order valence-electron chi connectivity index (χ2n) is 4.05. The van der Waals surface area contributed by atoms with Gasteiger partial charge in [0.05, 0.1) is 5.56 Å². The summed E-state index contributed by atoms with van der Waals surface area (Å²) in [6.45, 7) is 0.691. The summed E-state index contributed by atoms with van der Waals surface area (Å²) in [7, 11) is 0. The lowest BCUT2D eigenvalue weighted by molar-refractivity contribution is -0.138. The number of carboxylic acid groups (broad SMARTS) is 1. The number of halogens is 1. The lowest BCUT2D eigenvalue weighted by atomic mass is 10.0. The monoisotopic (exact) mass is 329 g/mol. The molecule has 0 amide bonds. The van der Waals surface area contributed by atoms with Crippen LogP contribution in [0.3, 0.4) is 0 Å². The predicted molar refractivity (Wildman–Crippen MR) is 69.8 cm³/mol. The number of aliphatic carboxylic acids is 1. The molecule has 1 unspecified atom stereocenters. The summed E-state index contributed by atoms with van der Waals surface area (Å²) in [5.74, 6) is -0.363. The number of carbonyl (C=O) groups excluding carboxylic acids is 1. The molecule has 0 bridgehead atoms. The van der Waals surface area contributed by atoms with Crippen LogP contribution in [0.1, 0.15) is 15.9 Å². The first kappa shape index (κ1) is 13.8. The number of nitrogens with two attached hydrogens (primary N) is 1. The molecule has 19 heavy (non-hydrogen) atoms. The van der Waals surface area contributed by atoms with E-state index in [9.17, 15) is 9.59 Å². The number of ether oxygens (including phenoxy) is 2. The average Bonchev–Trinajstić information content (AvgIpc) is 2.39. The molecule has 0 saturated heterocycles. The Morgan fingerprint density at radius 1 is 1.47 bits per heavy atom. The van der Waals surface area contributed by atoms with E-state index in [0.717, 1.165) is 0 Å². The molecule has 2 rings (SSSR count). The first-order chi connectivity index (χ1) is 9.04. The van der Waals surface area contributed by atoms with Crippen molar-refractivity contribution in [3.63, 3.8) is 0 Å². The second-order valence-corrected chi connectivity index (χ2v) is 4.91. The normalized spacial score (nSPS) is 14.8. The molecular formula is C12H12BrNO5. The van der Waals surface area contributed by atoms with E-state index in [0.29, 0.717) is 46.6 Å². The topological polar surface area (TPSA) is 98.9 Å². The van der Waals surface area contributed by atoms with Gasteiger partial charge in [0.25, 0.3) is 0 Å². The molecule has 0 fully saturated rings. The lowest BCUT2D eigenvalue weighted by Gasteiger charge is -2.23. The average molecular weight is 330 g/mol. The Morgan fingerprint density at radius 3 is 2.68 bits per heavy atom. The zero-order chi connectivity index (χ0) is 14.0. The SMILES string of the molecule is NC(Cc1cc(Br)c(C=O)c2c1OCCO2)C(=O)O. The molecule has 0 spiro atoms. The van der Waals surface area contributed by atoms with Crippen molar-refractivity contribution < 1.29 is 24.2 Å². The zero-order valence-electron chi connectivity index (χ0n) is 9.89. The standard InChI is InChI=1S/C12H12BrNO5/c13-8-3-6(4-9(14)12(16)17)10-11(7(8)5-15)19-2-1-18-10/h3,5,9H,1-2,4,14H2,(H,16,17). The fourth-order valence-corrected chi connectivity index (χ4v) is 2.40. The van der Waals surface area contributed by atoms with E-state index in [1.165, 1.54) is 0 Å². The van der Waals surface area contributed by atoms with Crippen LogP contribution in [-0.4, -0.2) is 36.6 Å². The van der Waals surface area contributed by atoms with E-state index in [1.807, 2.05) is 0 Å². The maximum atomic E-state index is 11.1. The molecule has 3 N–H and O–H groups in total. The molecule has 1 aromatic carbocycles. The predicted octanol–water partition coefficient (Wildman–Crippen LogP) is 0.987. The Bertz CT molecular complexity index is 531. The highest BCUT2D eigenvalue weighted by Crippen LogP contribution is 2.41. The van der Waals surface area contributed by atoms with Crippen molar-refractivity contribution in [1.82, 2.24) is 0 Å². The third-order valence-electron chi connectivity index (χ3n) is 2.75. The fraction of sp³-hybridized carbons (Fsp3) is 0.333. The van der Waals surface area contributed by atoms with Gasteiger partial charge in [0.1, 0.15) is 19.3 Å². The molecule has 0 saturated carbocycles. The van der Waals surface area contributed by atoms with Crippen LogP contribution >= 0.6 is 15.9 Å². The van der Waals surface area contributed by atoms with E-state index in [-0.39, 0.29) is 6.42 Å². The van der Waals surface area contributed by atoms with Gasteiger partial charge in [-0.25, -0.2) is 0 Å². The van der Waals surface area contributed by atoms with Crippen molar-refractivity contribution in [2.45, 2.75) is 12.5 Å². The third kappa shape index (κ3) is 2.71. The smallest absolute Gasteiger partial charge is 0.320 e. The molecule has 1 atom stereocenters. The fourth-order valence-electron chi connectivity index (χ4n) is 1.85. The molecule has 1 heterocycles. The highest BCUT2D eigenvalue weighted by atomic mass is 79.9. The van der Waals surface area contributed by atoms with E-state index in [1.54, 1.807) is 6.07 Å². The molecule has 1 aliphatic rings. The summed E-state index contributed by atoms with van der Waals surface area (Å²) >= 11 is 3.26. The summed E-state index contributed by atoms with van der Waals surface area (Å²) < 4.78 is 11.4. The largest absolute Gasteiger partial charge is 0.486 e. The summed E-state index contributed by atoms with van der Waals surface area (Å²) in [6.07, 6.45) is 0.761. The number of aldehydes is 1. The minimum Gasteiger partial charge on any atom is -0.486 e. The van der Waals surface area contributed by atoms with Crippen LogP contribution in [0.2, 0.25) is 0 Å². The van der Waals surface area contributed by atoms with Crippen LogP contribution in [-0.2, 0) is 11.2 Å². The first-order valence-electron chi connectivity index (χ1n) is 5.59. The van der Waals surface area contributed by atoms with E-state index < -0.39 is 12.0 Å². The Hall–Kier alpha value is -1.60. The van der Waals surface area contributed by atoms with Crippen molar-refractivity contribution in [3.8, 4) is 11.5 Å². The van der Waals surface area contributed by atoms with Crippen molar-refractivity contribution in [1.29, 1.82) is 0 Å². The molecule has 0 aromatic heterocycles. The summed E-state index contributed by atoms with van der Waals surface area (Å²) in [6, 6.07) is 0.601. The first-order valence-corrected chi connectivity index (χ1v) is 6.38. The van der Waals surface area contributed by atoms with Gasteiger partial charge in [-0.1, -0.05) is 0 Å². The van der Waals surface area contributed by atoms with Crippen LogP contribution in [0.5, 0.6) is 11.5 Å².